The van der Waals surface area contributed by atoms with Gasteiger partial charge in [-0.05, 0) is 90.1 Å². The van der Waals surface area contributed by atoms with Gasteiger partial charge in [-0.3, -0.25) is 4.90 Å². The van der Waals surface area contributed by atoms with E-state index in [1.165, 1.54) is 12.0 Å². The van der Waals surface area contributed by atoms with E-state index in [2.05, 4.69) is 48.5 Å². The summed E-state index contributed by atoms with van der Waals surface area (Å²) < 4.78 is 10.9. The van der Waals surface area contributed by atoms with Crippen LogP contribution in [0, 0.1) is 11.8 Å². The highest BCUT2D eigenvalue weighted by Gasteiger charge is 2.34. The maximum atomic E-state index is 12.5. The van der Waals surface area contributed by atoms with Gasteiger partial charge in [-0.2, -0.15) is 0 Å². The summed E-state index contributed by atoms with van der Waals surface area (Å²) >= 11 is 0. The highest BCUT2D eigenvalue weighted by Crippen LogP contribution is 2.36. The Balaban J connectivity index is 1.55. The Morgan fingerprint density at radius 3 is 2.55 bits per heavy atom. The second-order valence-corrected chi connectivity index (χ2v) is 10.3. The Hall–Kier alpha value is -1.79. The molecule has 2 aliphatic rings. The second kappa shape index (κ2) is 10.2. The number of hydrogen-bond acceptors (Lipinski definition) is 5. The highest BCUT2D eigenvalue weighted by atomic mass is 16.6. The molecule has 3 rings (SSSR count). The quantitative estimate of drug-likeness (QED) is 0.727. The number of amides is 1. The Labute approximate surface area is 188 Å². The fourth-order valence-corrected chi connectivity index (χ4v) is 4.98. The molecule has 0 spiro atoms. The maximum Gasteiger partial charge on any atom is 0.410 e. The number of piperidine rings is 1. The highest BCUT2D eigenvalue weighted by molar-refractivity contribution is 5.68. The van der Waals surface area contributed by atoms with Crippen molar-refractivity contribution >= 4 is 6.09 Å². The monoisotopic (exact) mass is 431 g/mol. The zero-order chi connectivity index (χ0) is 22.6. The van der Waals surface area contributed by atoms with Crippen molar-refractivity contribution in [3.63, 3.8) is 0 Å². The van der Waals surface area contributed by atoms with E-state index in [0.717, 1.165) is 44.8 Å². The molecule has 0 unspecified atom stereocenters. The summed E-state index contributed by atoms with van der Waals surface area (Å²) in [4.78, 5) is 16.9. The number of methoxy groups -OCH3 is 1. The minimum atomic E-state index is -0.446. The first-order chi connectivity index (χ1) is 14.7. The lowest BCUT2D eigenvalue weighted by atomic mass is 9.90. The van der Waals surface area contributed by atoms with Crippen molar-refractivity contribution in [3.05, 3.63) is 29.8 Å². The Kier molecular flexibility index (Phi) is 7.87. The average molecular weight is 432 g/mol. The maximum absolute atomic E-state index is 12.5. The molecule has 1 aromatic carbocycles. The second-order valence-electron chi connectivity index (χ2n) is 10.3. The van der Waals surface area contributed by atoms with Crippen LogP contribution in [0.4, 0.5) is 4.79 Å². The van der Waals surface area contributed by atoms with Gasteiger partial charge in [-0.25, -0.2) is 4.79 Å². The SMILES string of the molecule is COc1ccc([C@@H]2[C@H](CN[C@@H](C)[C@H]3CCCN(C(=O)OC(C)(C)C)C3)CCN2C)cc1. The molecule has 1 N–H and O–H groups in total. The van der Waals surface area contributed by atoms with E-state index in [9.17, 15) is 4.79 Å². The number of nitrogens with zero attached hydrogens (tertiary/aromatic N) is 2. The third-order valence-corrected chi connectivity index (χ3v) is 6.75. The van der Waals surface area contributed by atoms with Crippen LogP contribution >= 0.6 is 0 Å². The van der Waals surface area contributed by atoms with Crippen molar-refractivity contribution in [3.8, 4) is 5.75 Å². The minimum absolute atomic E-state index is 0.179. The van der Waals surface area contributed by atoms with E-state index in [1.807, 2.05) is 25.7 Å². The lowest BCUT2D eigenvalue weighted by molar-refractivity contribution is 0.0147. The zero-order valence-corrected chi connectivity index (χ0v) is 20.2. The van der Waals surface area contributed by atoms with Crippen LogP contribution in [0.3, 0.4) is 0 Å². The van der Waals surface area contributed by atoms with Crippen molar-refractivity contribution in [2.24, 2.45) is 11.8 Å². The van der Waals surface area contributed by atoms with Crippen molar-refractivity contribution in [2.75, 3.05) is 40.3 Å². The molecule has 0 radical (unpaired) electrons. The number of carbonyl (C=O) groups is 1. The number of rotatable bonds is 6. The molecule has 2 saturated heterocycles. The van der Waals surface area contributed by atoms with E-state index >= 15 is 0 Å². The Bertz CT molecular complexity index is 716. The zero-order valence-electron chi connectivity index (χ0n) is 20.2. The first kappa shape index (κ1) is 23.9. The summed E-state index contributed by atoms with van der Waals surface area (Å²) in [6.07, 6.45) is 3.21. The molecule has 31 heavy (non-hydrogen) atoms. The van der Waals surface area contributed by atoms with Gasteiger partial charge in [0.05, 0.1) is 7.11 Å². The van der Waals surface area contributed by atoms with Gasteiger partial charge in [-0.1, -0.05) is 12.1 Å². The molecule has 6 nitrogen and oxygen atoms in total. The summed E-state index contributed by atoms with van der Waals surface area (Å²) in [5.74, 6) is 1.94. The van der Waals surface area contributed by atoms with Crippen LogP contribution in [0.5, 0.6) is 5.75 Å². The largest absolute Gasteiger partial charge is 0.497 e. The van der Waals surface area contributed by atoms with E-state index < -0.39 is 5.60 Å². The number of ether oxygens (including phenoxy) is 2. The summed E-state index contributed by atoms with van der Waals surface area (Å²) in [7, 11) is 3.93. The minimum Gasteiger partial charge on any atom is -0.497 e. The predicted molar refractivity (Wildman–Crippen MR) is 124 cm³/mol. The van der Waals surface area contributed by atoms with Crippen LogP contribution in [-0.2, 0) is 4.74 Å². The van der Waals surface area contributed by atoms with Gasteiger partial charge in [0.25, 0.3) is 0 Å². The molecule has 4 atom stereocenters. The van der Waals surface area contributed by atoms with Crippen LogP contribution < -0.4 is 10.1 Å². The molecule has 0 saturated carbocycles. The van der Waals surface area contributed by atoms with Crippen molar-refractivity contribution < 1.29 is 14.3 Å². The van der Waals surface area contributed by atoms with Gasteiger partial charge >= 0.3 is 6.09 Å². The molecule has 6 heteroatoms. The third kappa shape index (κ3) is 6.36. The summed E-state index contributed by atoms with van der Waals surface area (Å²) in [5.41, 5.74) is 0.910. The van der Waals surface area contributed by atoms with E-state index in [-0.39, 0.29) is 6.09 Å². The standard InChI is InChI=1S/C25H41N3O3/c1-18(21-8-7-14-28(17-21)24(29)31-25(2,3)4)26-16-20-13-15-27(5)23(20)19-9-11-22(30-6)12-10-19/h9-12,18,20-21,23,26H,7-8,13-17H2,1-6H3/t18-,20-,21-,23+/m0/s1. The van der Waals surface area contributed by atoms with Crippen LogP contribution in [0.1, 0.15) is 58.6 Å². The predicted octanol–water partition coefficient (Wildman–Crippen LogP) is 4.31. The molecule has 174 valence electrons. The molecule has 2 heterocycles. The molecule has 0 aromatic heterocycles. The summed E-state index contributed by atoms with van der Waals surface area (Å²) in [5, 5.41) is 3.81. The number of hydrogen-bond donors (Lipinski definition) is 1. The average Bonchev–Trinajstić information content (AvgIpc) is 3.11. The number of likely N-dealkylation sites (tertiary alicyclic amines) is 2. The fraction of sp³-hybridized carbons (Fsp3) is 0.720. The van der Waals surface area contributed by atoms with Gasteiger partial charge in [0.15, 0.2) is 0 Å². The third-order valence-electron chi connectivity index (χ3n) is 6.75. The molecule has 1 aromatic rings. The summed E-state index contributed by atoms with van der Waals surface area (Å²) in [6, 6.07) is 9.30. The molecule has 0 bridgehead atoms. The van der Waals surface area contributed by atoms with Crippen molar-refractivity contribution in [1.29, 1.82) is 0 Å². The van der Waals surface area contributed by atoms with E-state index in [0.29, 0.717) is 23.9 Å². The Morgan fingerprint density at radius 2 is 1.90 bits per heavy atom. The molecule has 0 aliphatic carbocycles. The van der Waals surface area contributed by atoms with Crippen LogP contribution in [-0.4, -0.2) is 67.9 Å². The van der Waals surface area contributed by atoms with Crippen molar-refractivity contribution in [2.45, 2.75) is 64.6 Å². The topological polar surface area (TPSA) is 54.0 Å². The summed E-state index contributed by atoms with van der Waals surface area (Å²) in [6.45, 7) is 11.7. The lowest BCUT2D eigenvalue weighted by Gasteiger charge is -2.37. The van der Waals surface area contributed by atoms with Crippen LogP contribution in [0.15, 0.2) is 24.3 Å². The van der Waals surface area contributed by atoms with Crippen molar-refractivity contribution in [1.82, 2.24) is 15.1 Å². The first-order valence-corrected chi connectivity index (χ1v) is 11.7. The number of carbonyl (C=O) groups excluding carboxylic acids is 1. The number of nitrogens with one attached hydrogen (secondary N) is 1. The first-order valence-electron chi connectivity index (χ1n) is 11.7. The van der Waals surface area contributed by atoms with Crippen LogP contribution in [0.25, 0.3) is 0 Å². The van der Waals surface area contributed by atoms with Gasteiger partial charge in [-0.15, -0.1) is 0 Å². The van der Waals surface area contributed by atoms with Gasteiger partial charge in [0.2, 0.25) is 0 Å². The normalized spacial score (nSPS) is 26.0. The van der Waals surface area contributed by atoms with Gasteiger partial charge in [0.1, 0.15) is 11.4 Å². The fourth-order valence-electron chi connectivity index (χ4n) is 4.98. The molecular formula is C25H41N3O3. The van der Waals surface area contributed by atoms with E-state index in [4.69, 9.17) is 9.47 Å². The molecule has 1 amide bonds. The molecule has 2 aliphatic heterocycles. The van der Waals surface area contributed by atoms with Gasteiger partial charge < -0.3 is 19.7 Å². The number of benzene rings is 1. The molecule has 2 fully saturated rings. The smallest absolute Gasteiger partial charge is 0.410 e. The Morgan fingerprint density at radius 1 is 1.19 bits per heavy atom. The van der Waals surface area contributed by atoms with E-state index in [1.54, 1.807) is 7.11 Å². The molecular weight excluding hydrogens is 390 g/mol. The van der Waals surface area contributed by atoms with Crippen LogP contribution in [0.2, 0.25) is 0 Å². The van der Waals surface area contributed by atoms with Gasteiger partial charge in [0, 0.05) is 31.7 Å². The lowest BCUT2D eigenvalue weighted by Crippen LogP contribution is -2.48.